The molecule has 0 spiro atoms. The van der Waals surface area contributed by atoms with Crippen LogP contribution in [0, 0.1) is 0 Å². The van der Waals surface area contributed by atoms with E-state index in [1.165, 1.54) is 19.3 Å². The minimum Gasteiger partial charge on any atom is -0.364 e. The monoisotopic (exact) mass is 262 g/mol. The molecule has 0 amide bonds. The molecule has 0 radical (unpaired) electrons. The van der Waals surface area contributed by atoms with E-state index < -0.39 is 0 Å². The molecule has 0 aliphatic heterocycles. The van der Waals surface area contributed by atoms with Crippen molar-refractivity contribution in [2.75, 3.05) is 11.6 Å². The minimum absolute atomic E-state index is 0.528. The lowest BCUT2D eigenvalue weighted by atomic mass is 10.2. The molecule has 1 fully saturated rings. The normalized spacial score (nSPS) is 23.7. The standard InChI is InChI=1S/C13H18N4S/c1-17-8-15-12-10(17)6-7-14-13(12)16-9-4-3-5-11(9)18-2/h6-9,11H,3-5H2,1-2H3,(H,14,16). The molecule has 5 heteroatoms. The summed E-state index contributed by atoms with van der Waals surface area (Å²) in [7, 11) is 2.01. The van der Waals surface area contributed by atoms with E-state index in [0.29, 0.717) is 11.3 Å². The zero-order valence-corrected chi connectivity index (χ0v) is 11.6. The summed E-state index contributed by atoms with van der Waals surface area (Å²) in [4.78, 5) is 8.90. The number of aryl methyl sites for hydroxylation is 1. The van der Waals surface area contributed by atoms with Crippen molar-refractivity contribution >= 4 is 28.6 Å². The molecule has 1 saturated carbocycles. The van der Waals surface area contributed by atoms with Crippen LogP contribution < -0.4 is 5.32 Å². The molecule has 2 heterocycles. The third-order valence-electron chi connectivity index (χ3n) is 3.72. The van der Waals surface area contributed by atoms with Gasteiger partial charge >= 0.3 is 0 Å². The van der Waals surface area contributed by atoms with Gasteiger partial charge in [0, 0.05) is 24.5 Å². The van der Waals surface area contributed by atoms with Crippen LogP contribution in [0.5, 0.6) is 0 Å². The number of pyridine rings is 1. The Labute approximate surface area is 111 Å². The van der Waals surface area contributed by atoms with E-state index >= 15 is 0 Å². The van der Waals surface area contributed by atoms with Crippen molar-refractivity contribution in [2.45, 2.75) is 30.6 Å². The van der Waals surface area contributed by atoms with Gasteiger partial charge in [-0.25, -0.2) is 9.97 Å². The lowest BCUT2D eigenvalue weighted by molar-refractivity contribution is 0.764. The molecule has 4 nitrogen and oxygen atoms in total. The molecule has 2 atom stereocenters. The van der Waals surface area contributed by atoms with Crippen LogP contribution in [0.1, 0.15) is 19.3 Å². The fraction of sp³-hybridized carbons (Fsp3) is 0.538. The lowest BCUT2D eigenvalue weighted by Gasteiger charge is -2.19. The quantitative estimate of drug-likeness (QED) is 0.923. The Balaban J connectivity index is 1.90. The van der Waals surface area contributed by atoms with Crippen LogP contribution in [0.3, 0.4) is 0 Å². The van der Waals surface area contributed by atoms with Crippen molar-refractivity contribution in [2.24, 2.45) is 7.05 Å². The van der Waals surface area contributed by atoms with Crippen LogP contribution in [0.15, 0.2) is 18.6 Å². The van der Waals surface area contributed by atoms with Gasteiger partial charge in [0.2, 0.25) is 0 Å². The number of anilines is 1. The zero-order valence-electron chi connectivity index (χ0n) is 10.8. The van der Waals surface area contributed by atoms with Gasteiger partial charge in [-0.1, -0.05) is 6.42 Å². The van der Waals surface area contributed by atoms with Crippen LogP contribution >= 0.6 is 11.8 Å². The Hall–Kier alpha value is -1.23. The van der Waals surface area contributed by atoms with E-state index in [-0.39, 0.29) is 0 Å². The van der Waals surface area contributed by atoms with Crippen molar-refractivity contribution in [3.05, 3.63) is 18.6 Å². The van der Waals surface area contributed by atoms with Crippen molar-refractivity contribution < 1.29 is 0 Å². The molecule has 3 rings (SSSR count). The molecule has 0 bridgehead atoms. The molecule has 18 heavy (non-hydrogen) atoms. The summed E-state index contributed by atoms with van der Waals surface area (Å²) in [6.45, 7) is 0. The lowest BCUT2D eigenvalue weighted by Crippen LogP contribution is -2.26. The van der Waals surface area contributed by atoms with Crippen molar-refractivity contribution in [1.29, 1.82) is 0 Å². The molecule has 2 unspecified atom stereocenters. The highest BCUT2D eigenvalue weighted by Crippen LogP contribution is 2.31. The van der Waals surface area contributed by atoms with E-state index in [9.17, 15) is 0 Å². The average molecular weight is 262 g/mol. The molecule has 1 N–H and O–H groups in total. The largest absolute Gasteiger partial charge is 0.364 e. The van der Waals surface area contributed by atoms with Gasteiger partial charge in [-0.15, -0.1) is 0 Å². The molecule has 2 aromatic heterocycles. The topological polar surface area (TPSA) is 42.7 Å². The number of fused-ring (bicyclic) bond motifs is 1. The smallest absolute Gasteiger partial charge is 0.154 e. The number of aromatic nitrogens is 3. The minimum atomic E-state index is 0.528. The number of nitrogens with one attached hydrogen (secondary N) is 1. The molecule has 1 aliphatic carbocycles. The van der Waals surface area contributed by atoms with Crippen molar-refractivity contribution in [1.82, 2.24) is 14.5 Å². The molecular weight excluding hydrogens is 244 g/mol. The zero-order chi connectivity index (χ0) is 12.5. The van der Waals surface area contributed by atoms with E-state index in [4.69, 9.17) is 0 Å². The highest BCUT2D eigenvalue weighted by atomic mass is 32.2. The summed E-state index contributed by atoms with van der Waals surface area (Å²) in [6.07, 6.45) is 9.74. The van der Waals surface area contributed by atoms with E-state index in [1.807, 2.05) is 42.0 Å². The summed E-state index contributed by atoms with van der Waals surface area (Å²) in [5.74, 6) is 0.930. The number of imidazole rings is 1. The van der Waals surface area contributed by atoms with E-state index in [1.54, 1.807) is 0 Å². The summed E-state index contributed by atoms with van der Waals surface area (Å²) in [5, 5.41) is 4.29. The SMILES string of the molecule is CSC1CCCC1Nc1nccc2c1ncn2C. The van der Waals surface area contributed by atoms with Gasteiger partial charge in [-0.05, 0) is 25.2 Å². The molecular formula is C13H18N4S. The Morgan fingerprint density at radius 1 is 1.39 bits per heavy atom. The third kappa shape index (κ3) is 1.96. The third-order valence-corrected chi connectivity index (χ3v) is 4.89. The second-order valence-corrected chi connectivity index (χ2v) is 5.92. The van der Waals surface area contributed by atoms with Gasteiger partial charge in [0.05, 0.1) is 11.8 Å². The van der Waals surface area contributed by atoms with Gasteiger partial charge in [-0.2, -0.15) is 11.8 Å². The van der Waals surface area contributed by atoms with Crippen LogP contribution in [-0.4, -0.2) is 32.1 Å². The van der Waals surface area contributed by atoms with Gasteiger partial charge < -0.3 is 9.88 Å². The maximum Gasteiger partial charge on any atom is 0.154 e. The summed E-state index contributed by atoms with van der Waals surface area (Å²) < 4.78 is 2.03. The predicted octanol–water partition coefficient (Wildman–Crippen LogP) is 2.66. The maximum absolute atomic E-state index is 4.46. The van der Waals surface area contributed by atoms with Crippen LogP contribution in [0.25, 0.3) is 11.0 Å². The van der Waals surface area contributed by atoms with Crippen molar-refractivity contribution in [3.8, 4) is 0 Å². The second kappa shape index (κ2) is 4.80. The molecule has 96 valence electrons. The number of hydrogen-bond donors (Lipinski definition) is 1. The van der Waals surface area contributed by atoms with Crippen molar-refractivity contribution in [3.63, 3.8) is 0 Å². The Morgan fingerprint density at radius 3 is 3.11 bits per heavy atom. The van der Waals surface area contributed by atoms with Gasteiger partial charge in [-0.3, -0.25) is 0 Å². The second-order valence-electron chi connectivity index (χ2n) is 4.84. The number of nitrogens with zero attached hydrogens (tertiary/aromatic N) is 3. The number of thioether (sulfide) groups is 1. The number of rotatable bonds is 3. The Kier molecular flexibility index (Phi) is 3.16. The Bertz CT molecular complexity index is 551. The summed E-state index contributed by atoms with van der Waals surface area (Å²) >= 11 is 1.95. The average Bonchev–Trinajstić information content (AvgIpc) is 2.98. The predicted molar refractivity (Wildman–Crippen MR) is 77.1 cm³/mol. The van der Waals surface area contributed by atoms with E-state index in [0.717, 1.165) is 16.9 Å². The van der Waals surface area contributed by atoms with E-state index in [2.05, 4.69) is 21.5 Å². The van der Waals surface area contributed by atoms with Gasteiger partial charge in [0.25, 0.3) is 0 Å². The van der Waals surface area contributed by atoms with Crippen LogP contribution in [0.2, 0.25) is 0 Å². The molecule has 1 aliphatic rings. The molecule has 0 saturated heterocycles. The maximum atomic E-state index is 4.46. The first-order valence-electron chi connectivity index (χ1n) is 6.35. The first kappa shape index (κ1) is 11.8. The number of hydrogen-bond acceptors (Lipinski definition) is 4. The highest BCUT2D eigenvalue weighted by Gasteiger charge is 2.27. The first-order valence-corrected chi connectivity index (χ1v) is 7.63. The fourth-order valence-corrected chi connectivity index (χ4v) is 3.65. The van der Waals surface area contributed by atoms with Crippen LogP contribution in [-0.2, 0) is 7.05 Å². The fourth-order valence-electron chi connectivity index (χ4n) is 2.72. The highest BCUT2D eigenvalue weighted by molar-refractivity contribution is 7.99. The summed E-state index contributed by atoms with van der Waals surface area (Å²) in [5.41, 5.74) is 2.11. The molecule has 0 aromatic carbocycles. The van der Waals surface area contributed by atoms with Crippen LogP contribution in [0.4, 0.5) is 5.82 Å². The van der Waals surface area contributed by atoms with Gasteiger partial charge in [0.1, 0.15) is 5.52 Å². The van der Waals surface area contributed by atoms with Gasteiger partial charge in [0.15, 0.2) is 5.82 Å². The summed E-state index contributed by atoms with van der Waals surface area (Å²) in [6, 6.07) is 2.54. The Morgan fingerprint density at radius 2 is 2.28 bits per heavy atom. The molecule has 2 aromatic rings. The first-order chi connectivity index (χ1) is 8.79.